The van der Waals surface area contributed by atoms with E-state index in [1.54, 1.807) is 18.0 Å². The molecule has 1 aliphatic rings. The summed E-state index contributed by atoms with van der Waals surface area (Å²) in [6, 6.07) is 3.80. The second kappa shape index (κ2) is 3.74. The summed E-state index contributed by atoms with van der Waals surface area (Å²) >= 11 is 1.59. The average molecular weight is 194 g/mol. The summed E-state index contributed by atoms with van der Waals surface area (Å²) < 4.78 is 0. The number of amidine groups is 1. The van der Waals surface area contributed by atoms with Crippen LogP contribution in [0.15, 0.2) is 18.3 Å². The average Bonchev–Trinajstić information content (AvgIpc) is 2.54. The maximum Gasteiger partial charge on any atom is 0.156 e. The standard InChI is InChI=1S/C8H10N4S/c9-8-12(4-5-13-8)6-7-2-1-3-10-11-7/h1-3,9H,4-6H2. The fourth-order valence-corrected chi connectivity index (χ4v) is 2.05. The topological polar surface area (TPSA) is 52.9 Å². The van der Waals surface area contributed by atoms with Crippen molar-refractivity contribution in [1.29, 1.82) is 5.41 Å². The third-order valence-corrected chi connectivity index (χ3v) is 2.79. The second-order valence-corrected chi connectivity index (χ2v) is 3.87. The number of nitrogens with zero attached hydrogens (tertiary/aromatic N) is 3. The first kappa shape index (κ1) is 8.50. The molecule has 4 nitrogen and oxygen atoms in total. The molecule has 0 amide bonds. The quantitative estimate of drug-likeness (QED) is 0.762. The Kier molecular flexibility index (Phi) is 2.44. The third kappa shape index (κ3) is 1.98. The van der Waals surface area contributed by atoms with Gasteiger partial charge in [0.1, 0.15) is 0 Å². The molecule has 0 aromatic carbocycles. The zero-order chi connectivity index (χ0) is 9.10. The smallest absolute Gasteiger partial charge is 0.156 e. The van der Waals surface area contributed by atoms with Crippen LogP contribution in [0.25, 0.3) is 0 Å². The van der Waals surface area contributed by atoms with Crippen LogP contribution in [0.1, 0.15) is 5.69 Å². The van der Waals surface area contributed by atoms with Crippen LogP contribution in [0.2, 0.25) is 0 Å². The summed E-state index contributed by atoms with van der Waals surface area (Å²) in [4.78, 5) is 2.01. The molecule has 0 unspecified atom stereocenters. The first-order valence-corrected chi connectivity index (χ1v) is 5.08. The van der Waals surface area contributed by atoms with Gasteiger partial charge in [-0.15, -0.1) is 0 Å². The van der Waals surface area contributed by atoms with Crippen molar-refractivity contribution in [1.82, 2.24) is 15.1 Å². The molecule has 0 spiro atoms. The molecule has 0 bridgehead atoms. The van der Waals surface area contributed by atoms with Gasteiger partial charge in [0.05, 0.1) is 12.2 Å². The first-order chi connectivity index (χ1) is 6.36. The highest BCUT2D eigenvalue weighted by Gasteiger charge is 2.17. The fourth-order valence-electron chi connectivity index (χ4n) is 1.21. The molecule has 0 aliphatic carbocycles. The monoisotopic (exact) mass is 194 g/mol. The van der Waals surface area contributed by atoms with Gasteiger partial charge in [-0.3, -0.25) is 5.41 Å². The normalized spacial score (nSPS) is 16.6. The molecule has 1 aromatic heterocycles. The van der Waals surface area contributed by atoms with Crippen molar-refractivity contribution in [3.05, 3.63) is 24.0 Å². The predicted molar refractivity (Wildman–Crippen MR) is 52.6 cm³/mol. The van der Waals surface area contributed by atoms with Crippen LogP contribution in [-0.4, -0.2) is 32.6 Å². The molecule has 2 rings (SSSR count). The van der Waals surface area contributed by atoms with E-state index in [4.69, 9.17) is 5.41 Å². The van der Waals surface area contributed by atoms with E-state index in [0.29, 0.717) is 11.7 Å². The maximum atomic E-state index is 7.60. The molecular formula is C8H10N4S. The summed E-state index contributed by atoms with van der Waals surface area (Å²) in [5.74, 6) is 1.01. The molecule has 5 heteroatoms. The Hall–Kier alpha value is -1.10. The highest BCUT2D eigenvalue weighted by molar-refractivity contribution is 8.14. The van der Waals surface area contributed by atoms with E-state index in [0.717, 1.165) is 18.0 Å². The van der Waals surface area contributed by atoms with Gasteiger partial charge < -0.3 is 4.90 Å². The van der Waals surface area contributed by atoms with Gasteiger partial charge >= 0.3 is 0 Å². The van der Waals surface area contributed by atoms with Gasteiger partial charge in [0.15, 0.2) is 5.17 Å². The Balaban J connectivity index is 2.02. The van der Waals surface area contributed by atoms with Crippen LogP contribution in [0, 0.1) is 5.41 Å². The summed E-state index contributed by atoms with van der Waals surface area (Å²) in [5, 5.41) is 16.0. The summed E-state index contributed by atoms with van der Waals surface area (Å²) in [5.41, 5.74) is 0.926. The molecule has 2 heterocycles. The van der Waals surface area contributed by atoms with E-state index in [-0.39, 0.29) is 0 Å². The number of aromatic nitrogens is 2. The Morgan fingerprint density at radius 3 is 3.15 bits per heavy atom. The molecule has 0 radical (unpaired) electrons. The third-order valence-electron chi connectivity index (χ3n) is 1.87. The van der Waals surface area contributed by atoms with Gasteiger partial charge in [0.25, 0.3) is 0 Å². The molecule has 1 aliphatic heterocycles. The number of hydrogen-bond acceptors (Lipinski definition) is 4. The number of thioether (sulfide) groups is 1. The van der Waals surface area contributed by atoms with Crippen LogP contribution in [0.4, 0.5) is 0 Å². The summed E-state index contributed by atoms with van der Waals surface area (Å²) in [6.07, 6.45) is 1.66. The largest absolute Gasteiger partial charge is 0.345 e. The Morgan fingerprint density at radius 1 is 1.62 bits per heavy atom. The Bertz CT molecular complexity index is 300. The Morgan fingerprint density at radius 2 is 2.54 bits per heavy atom. The van der Waals surface area contributed by atoms with E-state index in [1.165, 1.54) is 0 Å². The lowest BCUT2D eigenvalue weighted by Crippen LogP contribution is -2.23. The zero-order valence-electron chi connectivity index (χ0n) is 7.10. The van der Waals surface area contributed by atoms with E-state index in [2.05, 4.69) is 10.2 Å². The van der Waals surface area contributed by atoms with E-state index >= 15 is 0 Å². The highest BCUT2D eigenvalue weighted by Crippen LogP contribution is 2.17. The predicted octanol–water partition coefficient (Wildman–Crippen LogP) is 0.960. The van der Waals surface area contributed by atoms with Crippen LogP contribution in [0.3, 0.4) is 0 Å². The van der Waals surface area contributed by atoms with Crippen molar-refractivity contribution in [3.63, 3.8) is 0 Å². The lowest BCUT2D eigenvalue weighted by molar-refractivity contribution is 0.445. The Labute approximate surface area is 80.9 Å². The lowest BCUT2D eigenvalue weighted by Gasteiger charge is -2.14. The van der Waals surface area contributed by atoms with E-state index in [1.807, 2.05) is 17.0 Å². The van der Waals surface area contributed by atoms with Crippen molar-refractivity contribution in [3.8, 4) is 0 Å². The first-order valence-electron chi connectivity index (χ1n) is 4.09. The number of rotatable bonds is 2. The van der Waals surface area contributed by atoms with Gasteiger partial charge in [-0.05, 0) is 12.1 Å². The molecule has 1 saturated heterocycles. The summed E-state index contributed by atoms with van der Waals surface area (Å²) in [6.45, 7) is 1.65. The second-order valence-electron chi connectivity index (χ2n) is 2.79. The van der Waals surface area contributed by atoms with Gasteiger partial charge in [0.2, 0.25) is 0 Å². The minimum atomic E-state index is 0.644. The number of hydrogen-bond donors (Lipinski definition) is 1. The molecule has 1 N–H and O–H groups in total. The maximum absolute atomic E-state index is 7.60. The molecular weight excluding hydrogens is 184 g/mol. The van der Waals surface area contributed by atoms with Crippen LogP contribution in [-0.2, 0) is 6.54 Å². The van der Waals surface area contributed by atoms with Gasteiger partial charge in [-0.2, -0.15) is 10.2 Å². The van der Waals surface area contributed by atoms with E-state index < -0.39 is 0 Å². The summed E-state index contributed by atoms with van der Waals surface area (Å²) in [7, 11) is 0. The van der Waals surface area contributed by atoms with Crippen LogP contribution in [0.5, 0.6) is 0 Å². The number of nitrogens with one attached hydrogen (secondary N) is 1. The van der Waals surface area contributed by atoms with Crippen LogP contribution >= 0.6 is 11.8 Å². The lowest BCUT2D eigenvalue weighted by atomic mass is 10.3. The molecule has 68 valence electrons. The zero-order valence-corrected chi connectivity index (χ0v) is 7.92. The van der Waals surface area contributed by atoms with Crippen molar-refractivity contribution in [2.24, 2.45) is 0 Å². The van der Waals surface area contributed by atoms with Gasteiger partial charge in [-0.25, -0.2) is 0 Å². The van der Waals surface area contributed by atoms with E-state index in [9.17, 15) is 0 Å². The van der Waals surface area contributed by atoms with Gasteiger partial charge in [-0.1, -0.05) is 11.8 Å². The van der Waals surface area contributed by atoms with Crippen molar-refractivity contribution >= 4 is 16.9 Å². The SMILES string of the molecule is N=C1SCCN1Cc1cccnn1. The molecule has 0 saturated carbocycles. The fraction of sp³-hybridized carbons (Fsp3) is 0.375. The van der Waals surface area contributed by atoms with Crippen molar-refractivity contribution in [2.75, 3.05) is 12.3 Å². The van der Waals surface area contributed by atoms with Crippen molar-refractivity contribution < 1.29 is 0 Å². The molecule has 13 heavy (non-hydrogen) atoms. The minimum absolute atomic E-state index is 0.644. The van der Waals surface area contributed by atoms with Crippen molar-refractivity contribution in [2.45, 2.75) is 6.54 Å². The molecule has 1 fully saturated rings. The van der Waals surface area contributed by atoms with Gasteiger partial charge in [0, 0.05) is 18.5 Å². The minimum Gasteiger partial charge on any atom is -0.345 e. The molecule has 0 atom stereocenters. The van der Waals surface area contributed by atoms with Crippen LogP contribution < -0.4 is 0 Å². The molecule has 1 aromatic rings. The highest BCUT2D eigenvalue weighted by atomic mass is 32.2.